The molecular weight excluding hydrogens is 370 g/mol. The van der Waals surface area contributed by atoms with Gasteiger partial charge in [0.1, 0.15) is 30.0 Å². The highest BCUT2D eigenvalue weighted by molar-refractivity contribution is 6.01. The Morgan fingerprint density at radius 2 is 2.07 bits per heavy atom. The van der Waals surface area contributed by atoms with Gasteiger partial charge in [0.15, 0.2) is 5.78 Å². The van der Waals surface area contributed by atoms with Crippen LogP contribution in [-0.4, -0.2) is 28.9 Å². The monoisotopic (exact) mass is 391 g/mol. The van der Waals surface area contributed by atoms with Gasteiger partial charge in [-0.05, 0) is 37.6 Å². The molecule has 1 aliphatic rings. The van der Waals surface area contributed by atoms with E-state index in [1.54, 1.807) is 12.1 Å². The van der Waals surface area contributed by atoms with Gasteiger partial charge in [-0.3, -0.25) is 9.59 Å². The molecule has 3 aromatic rings. The van der Waals surface area contributed by atoms with Crippen molar-refractivity contribution in [1.82, 2.24) is 4.90 Å². The molecule has 0 saturated heterocycles. The number of amides is 1. The summed E-state index contributed by atoms with van der Waals surface area (Å²) in [7, 11) is 0. The van der Waals surface area contributed by atoms with E-state index >= 15 is 0 Å². The molecule has 148 valence electrons. The van der Waals surface area contributed by atoms with Crippen LogP contribution < -0.4 is 4.74 Å². The molecule has 0 saturated carbocycles. The minimum Gasteiger partial charge on any atom is -0.485 e. The third-order valence-corrected chi connectivity index (χ3v) is 5.20. The second-order valence-corrected chi connectivity index (χ2v) is 7.12. The third kappa shape index (κ3) is 3.66. The van der Waals surface area contributed by atoms with Crippen LogP contribution in [0.15, 0.2) is 52.9 Å². The minimum absolute atomic E-state index is 0.127. The SMILES string of the molecule is CC(=O)C(CCC=O)N1Cc2c(OCc3cc4ccccc4o3)cccc2C1=O. The number of ketones is 1. The molecular formula is C23H21NO5. The van der Waals surface area contributed by atoms with Crippen molar-refractivity contribution >= 4 is 28.9 Å². The van der Waals surface area contributed by atoms with E-state index in [9.17, 15) is 14.4 Å². The molecule has 29 heavy (non-hydrogen) atoms. The number of para-hydroxylation sites is 1. The molecule has 6 nitrogen and oxygen atoms in total. The highest BCUT2D eigenvalue weighted by Gasteiger charge is 2.36. The number of carbonyl (C=O) groups is 3. The number of nitrogens with zero attached hydrogens (tertiary/aromatic N) is 1. The summed E-state index contributed by atoms with van der Waals surface area (Å²) in [6.45, 7) is 1.97. The maximum Gasteiger partial charge on any atom is 0.255 e. The normalized spacial score (nSPS) is 14.1. The molecule has 1 amide bonds. The molecule has 1 unspecified atom stereocenters. The number of rotatable bonds is 8. The van der Waals surface area contributed by atoms with Crippen LogP contribution in [0, 0.1) is 0 Å². The first-order chi connectivity index (χ1) is 14.1. The van der Waals surface area contributed by atoms with Gasteiger partial charge in [0.05, 0.1) is 12.6 Å². The average molecular weight is 391 g/mol. The van der Waals surface area contributed by atoms with Crippen molar-refractivity contribution in [2.24, 2.45) is 0 Å². The van der Waals surface area contributed by atoms with Gasteiger partial charge in [0.2, 0.25) is 0 Å². The smallest absolute Gasteiger partial charge is 0.255 e. The lowest BCUT2D eigenvalue weighted by Gasteiger charge is -2.25. The van der Waals surface area contributed by atoms with Crippen LogP contribution in [0.4, 0.5) is 0 Å². The lowest BCUT2D eigenvalue weighted by Crippen LogP contribution is -2.40. The number of benzene rings is 2. The number of carbonyl (C=O) groups excluding carboxylic acids is 3. The van der Waals surface area contributed by atoms with Gasteiger partial charge in [0, 0.05) is 22.9 Å². The third-order valence-electron chi connectivity index (χ3n) is 5.20. The standard InChI is InChI=1S/C23H21NO5/c1-15(26)20(8-5-11-25)24-13-19-18(23(24)27)7-4-10-22(19)28-14-17-12-16-6-2-3-9-21(16)29-17/h2-4,6-7,9-12,20H,5,8,13-14H2,1H3. The zero-order chi connectivity index (χ0) is 20.4. The van der Waals surface area contributed by atoms with E-state index < -0.39 is 6.04 Å². The van der Waals surface area contributed by atoms with Crippen LogP contribution >= 0.6 is 0 Å². The molecule has 1 aromatic heterocycles. The number of Topliss-reactive ketones (excluding diaryl/α,β-unsaturated/α-hetero) is 1. The van der Waals surface area contributed by atoms with E-state index in [4.69, 9.17) is 9.15 Å². The molecule has 1 aliphatic heterocycles. The number of aldehydes is 1. The highest BCUT2D eigenvalue weighted by Crippen LogP contribution is 2.33. The minimum atomic E-state index is -0.608. The Morgan fingerprint density at radius 3 is 2.83 bits per heavy atom. The number of fused-ring (bicyclic) bond motifs is 2. The van der Waals surface area contributed by atoms with Crippen molar-refractivity contribution in [1.29, 1.82) is 0 Å². The summed E-state index contributed by atoms with van der Waals surface area (Å²) in [6.07, 6.45) is 1.33. The molecule has 6 heteroatoms. The Kier molecular flexibility index (Phi) is 5.16. The summed E-state index contributed by atoms with van der Waals surface area (Å²) >= 11 is 0. The number of furan rings is 1. The van der Waals surface area contributed by atoms with E-state index in [0.717, 1.165) is 22.8 Å². The van der Waals surface area contributed by atoms with Crippen LogP contribution in [0.25, 0.3) is 11.0 Å². The summed E-state index contributed by atoms with van der Waals surface area (Å²) in [6, 6.07) is 14.4. The average Bonchev–Trinajstić information content (AvgIpc) is 3.28. The molecule has 0 N–H and O–H groups in total. The molecule has 2 heterocycles. The second-order valence-electron chi connectivity index (χ2n) is 7.12. The van der Waals surface area contributed by atoms with Crippen LogP contribution in [0.1, 0.15) is 41.4 Å². The van der Waals surface area contributed by atoms with E-state index in [1.807, 2.05) is 36.4 Å². The van der Waals surface area contributed by atoms with Gasteiger partial charge in [-0.2, -0.15) is 0 Å². The Morgan fingerprint density at radius 1 is 1.24 bits per heavy atom. The van der Waals surface area contributed by atoms with Crippen molar-refractivity contribution in [2.75, 3.05) is 0 Å². The van der Waals surface area contributed by atoms with E-state index in [0.29, 0.717) is 23.5 Å². The van der Waals surface area contributed by atoms with Crippen molar-refractivity contribution in [3.05, 3.63) is 65.4 Å². The zero-order valence-corrected chi connectivity index (χ0v) is 16.1. The van der Waals surface area contributed by atoms with Crippen molar-refractivity contribution in [3.8, 4) is 5.75 Å². The molecule has 0 aliphatic carbocycles. The molecule has 4 rings (SSSR count). The summed E-state index contributed by atoms with van der Waals surface area (Å²) in [5.41, 5.74) is 2.08. The van der Waals surface area contributed by atoms with Crippen molar-refractivity contribution < 1.29 is 23.5 Å². The summed E-state index contributed by atoms with van der Waals surface area (Å²) in [5.74, 6) is 0.951. The fourth-order valence-corrected chi connectivity index (χ4v) is 3.77. The maximum absolute atomic E-state index is 12.9. The van der Waals surface area contributed by atoms with E-state index in [-0.39, 0.29) is 31.3 Å². The van der Waals surface area contributed by atoms with E-state index in [2.05, 4.69) is 0 Å². The van der Waals surface area contributed by atoms with Gasteiger partial charge in [-0.1, -0.05) is 24.3 Å². The lowest BCUT2D eigenvalue weighted by molar-refractivity contribution is -0.121. The fraction of sp³-hybridized carbons (Fsp3) is 0.261. The molecule has 2 aromatic carbocycles. The molecule has 0 spiro atoms. The van der Waals surface area contributed by atoms with Crippen LogP contribution in [0.3, 0.4) is 0 Å². The fourth-order valence-electron chi connectivity index (χ4n) is 3.77. The number of ether oxygens (including phenoxy) is 1. The van der Waals surface area contributed by atoms with Gasteiger partial charge in [-0.15, -0.1) is 0 Å². The molecule has 0 bridgehead atoms. The zero-order valence-electron chi connectivity index (χ0n) is 16.1. The summed E-state index contributed by atoms with van der Waals surface area (Å²) < 4.78 is 11.8. The highest BCUT2D eigenvalue weighted by atomic mass is 16.5. The quantitative estimate of drug-likeness (QED) is 0.544. The molecule has 0 fully saturated rings. The Bertz CT molecular complexity index is 1050. The van der Waals surface area contributed by atoms with Gasteiger partial charge in [0.25, 0.3) is 5.91 Å². The largest absolute Gasteiger partial charge is 0.485 e. The predicted molar refractivity (Wildman–Crippen MR) is 107 cm³/mol. The summed E-state index contributed by atoms with van der Waals surface area (Å²) in [4.78, 5) is 37.2. The number of hydrogen-bond donors (Lipinski definition) is 0. The topological polar surface area (TPSA) is 76.8 Å². The lowest BCUT2D eigenvalue weighted by atomic mass is 10.1. The Hall–Kier alpha value is -3.41. The van der Waals surface area contributed by atoms with Crippen LogP contribution in [0.2, 0.25) is 0 Å². The van der Waals surface area contributed by atoms with Crippen LogP contribution in [0.5, 0.6) is 5.75 Å². The number of hydrogen-bond acceptors (Lipinski definition) is 5. The predicted octanol–water partition coefficient (Wildman–Crippen LogP) is 3.90. The van der Waals surface area contributed by atoms with Crippen LogP contribution in [-0.2, 0) is 22.7 Å². The molecule has 1 atom stereocenters. The van der Waals surface area contributed by atoms with Gasteiger partial charge < -0.3 is 18.8 Å². The Balaban J connectivity index is 1.54. The maximum atomic E-state index is 12.9. The first kappa shape index (κ1) is 18.9. The van der Waals surface area contributed by atoms with Crippen molar-refractivity contribution in [3.63, 3.8) is 0 Å². The van der Waals surface area contributed by atoms with Gasteiger partial charge >= 0.3 is 0 Å². The van der Waals surface area contributed by atoms with Gasteiger partial charge in [-0.25, -0.2) is 0 Å². The molecule has 0 radical (unpaired) electrons. The van der Waals surface area contributed by atoms with Crippen molar-refractivity contribution in [2.45, 2.75) is 39.0 Å². The first-order valence-corrected chi connectivity index (χ1v) is 9.55. The Labute approximate surface area is 168 Å². The van der Waals surface area contributed by atoms with E-state index in [1.165, 1.54) is 11.8 Å². The first-order valence-electron chi connectivity index (χ1n) is 9.55. The second kappa shape index (κ2) is 7.91. The summed E-state index contributed by atoms with van der Waals surface area (Å²) in [5, 5.41) is 1.00.